The van der Waals surface area contributed by atoms with E-state index in [4.69, 9.17) is 5.11 Å². The van der Waals surface area contributed by atoms with Gasteiger partial charge in [0.15, 0.2) is 5.71 Å². The van der Waals surface area contributed by atoms with Crippen LogP contribution >= 0.6 is 0 Å². The van der Waals surface area contributed by atoms with Crippen LogP contribution in [0.1, 0.15) is 6.42 Å². The Bertz CT molecular complexity index is 494. The minimum atomic E-state index is -1.21. The number of nitrogens with zero attached hydrogens (tertiary/aromatic N) is 5. The molecule has 17 heavy (non-hydrogen) atoms. The van der Waals surface area contributed by atoms with Crippen LogP contribution in [0.15, 0.2) is 5.16 Å². The van der Waals surface area contributed by atoms with Crippen molar-refractivity contribution >= 4 is 23.5 Å². The highest BCUT2D eigenvalue weighted by Crippen LogP contribution is 2.12. The minimum absolute atomic E-state index is 0.0184. The highest BCUT2D eigenvalue weighted by Gasteiger charge is 2.32. The monoisotopic (exact) mass is 240 g/mol. The number of hydrogen-bond acceptors (Lipinski definition) is 7. The quantitative estimate of drug-likeness (QED) is 0.648. The van der Waals surface area contributed by atoms with E-state index in [1.807, 2.05) is 0 Å². The van der Waals surface area contributed by atoms with Gasteiger partial charge in [0, 0.05) is 6.42 Å². The summed E-state index contributed by atoms with van der Waals surface area (Å²) >= 11 is 0. The van der Waals surface area contributed by atoms with E-state index in [1.54, 1.807) is 7.05 Å². The first-order valence-electron chi connectivity index (χ1n) is 4.57. The largest absolute Gasteiger partial charge is 0.477 e. The predicted molar refractivity (Wildman–Crippen MR) is 52.0 cm³/mol. The van der Waals surface area contributed by atoms with Crippen LogP contribution in [0.2, 0.25) is 0 Å². The smallest absolute Gasteiger partial charge is 0.353 e. The van der Waals surface area contributed by atoms with Gasteiger partial charge in [-0.15, -0.1) is 5.10 Å². The van der Waals surface area contributed by atoms with Gasteiger partial charge in [-0.05, 0) is 5.21 Å². The fourth-order valence-electron chi connectivity index (χ4n) is 1.17. The predicted octanol–water partition coefficient (Wildman–Crippen LogP) is -1.62. The van der Waals surface area contributed by atoms with Crippen molar-refractivity contribution in [3.63, 3.8) is 0 Å². The lowest BCUT2D eigenvalue weighted by Gasteiger charge is -2.05. The van der Waals surface area contributed by atoms with Gasteiger partial charge in [0.25, 0.3) is 11.9 Å². The van der Waals surface area contributed by atoms with Crippen molar-refractivity contribution in [1.82, 2.24) is 20.2 Å². The van der Waals surface area contributed by atoms with Crippen LogP contribution in [0, 0.1) is 0 Å². The zero-order chi connectivity index (χ0) is 12.4. The summed E-state index contributed by atoms with van der Waals surface area (Å²) in [5.74, 6) is -1.76. The first kappa shape index (κ1) is 11.0. The molecule has 0 bridgehead atoms. The second-order valence-corrected chi connectivity index (χ2v) is 3.23. The first-order valence-corrected chi connectivity index (χ1v) is 4.57. The number of aryl methyl sites for hydroxylation is 1. The summed E-state index contributed by atoms with van der Waals surface area (Å²) in [7, 11) is 1.54. The van der Waals surface area contributed by atoms with Crippen LogP contribution < -0.4 is 5.32 Å². The fourth-order valence-corrected chi connectivity index (χ4v) is 1.17. The van der Waals surface area contributed by atoms with Gasteiger partial charge in [0.2, 0.25) is 6.10 Å². The van der Waals surface area contributed by atoms with Gasteiger partial charge in [-0.2, -0.15) is 4.80 Å². The molecule has 1 atom stereocenters. The molecule has 0 aromatic carbocycles. The van der Waals surface area contributed by atoms with Crippen molar-refractivity contribution in [3.05, 3.63) is 0 Å². The van der Waals surface area contributed by atoms with Crippen LogP contribution in [0.25, 0.3) is 0 Å². The molecule has 2 N–H and O–H groups in total. The van der Waals surface area contributed by atoms with Crippen LogP contribution in [-0.4, -0.2) is 49.0 Å². The van der Waals surface area contributed by atoms with Crippen molar-refractivity contribution in [3.8, 4) is 0 Å². The average Bonchev–Trinajstić information content (AvgIpc) is 2.86. The molecule has 10 heteroatoms. The summed E-state index contributed by atoms with van der Waals surface area (Å²) in [5.41, 5.74) is -0.197. The number of carboxylic acids is 1. The van der Waals surface area contributed by atoms with E-state index >= 15 is 0 Å². The number of anilines is 1. The number of carbonyl (C=O) groups excluding carboxylic acids is 1. The molecule has 0 radical (unpaired) electrons. The van der Waals surface area contributed by atoms with Gasteiger partial charge in [-0.3, -0.25) is 10.1 Å². The zero-order valence-corrected chi connectivity index (χ0v) is 8.69. The summed E-state index contributed by atoms with van der Waals surface area (Å²) in [4.78, 5) is 28.0. The molecule has 0 spiro atoms. The van der Waals surface area contributed by atoms with Gasteiger partial charge in [-0.25, -0.2) is 4.79 Å². The molecule has 0 saturated heterocycles. The molecule has 1 aromatic rings. The van der Waals surface area contributed by atoms with E-state index in [9.17, 15) is 9.59 Å². The normalized spacial score (nSPS) is 18.4. The Hall–Kier alpha value is -2.52. The maximum absolute atomic E-state index is 11.6. The van der Waals surface area contributed by atoms with E-state index in [0.29, 0.717) is 0 Å². The van der Waals surface area contributed by atoms with Crippen LogP contribution in [0.3, 0.4) is 0 Å². The Morgan fingerprint density at radius 2 is 2.35 bits per heavy atom. The summed E-state index contributed by atoms with van der Waals surface area (Å²) in [5, 5.41) is 25.0. The van der Waals surface area contributed by atoms with Crippen LogP contribution in [-0.2, 0) is 21.5 Å². The molecule has 1 aliphatic rings. The number of oxime groups is 1. The third-order valence-corrected chi connectivity index (χ3v) is 1.95. The molecule has 0 fully saturated rings. The Balaban J connectivity index is 1.93. The Kier molecular flexibility index (Phi) is 2.68. The molecular weight excluding hydrogens is 232 g/mol. The topological polar surface area (TPSA) is 132 Å². The molecule has 10 nitrogen and oxygen atoms in total. The maximum atomic E-state index is 11.6. The van der Waals surface area contributed by atoms with Crippen LogP contribution in [0.5, 0.6) is 0 Å². The molecule has 0 saturated carbocycles. The molecule has 2 heterocycles. The number of hydrogen-bond donors (Lipinski definition) is 2. The van der Waals surface area contributed by atoms with E-state index < -0.39 is 18.0 Å². The molecule has 1 amide bonds. The highest BCUT2D eigenvalue weighted by molar-refractivity contribution is 6.36. The molecule has 1 aromatic heterocycles. The molecular formula is C7H8N6O4. The molecule has 2 rings (SSSR count). The van der Waals surface area contributed by atoms with E-state index in [0.717, 1.165) is 0 Å². The van der Waals surface area contributed by atoms with Crippen LogP contribution in [0.4, 0.5) is 5.95 Å². The van der Waals surface area contributed by atoms with Gasteiger partial charge in [0.1, 0.15) is 0 Å². The lowest BCUT2D eigenvalue weighted by Crippen LogP contribution is -2.29. The molecule has 0 aliphatic carbocycles. The SMILES string of the molecule is Cn1nnc(NC(=O)C2CC(C(=O)O)=NO2)n1. The number of nitrogens with one attached hydrogen (secondary N) is 1. The van der Waals surface area contributed by atoms with Gasteiger partial charge >= 0.3 is 5.97 Å². The number of rotatable bonds is 3. The third kappa shape index (κ3) is 2.35. The second kappa shape index (κ2) is 4.15. The number of aliphatic carboxylic acids is 1. The number of carbonyl (C=O) groups is 2. The van der Waals surface area contributed by atoms with Crippen molar-refractivity contribution < 1.29 is 19.5 Å². The van der Waals surface area contributed by atoms with Crippen molar-refractivity contribution in [2.75, 3.05) is 5.32 Å². The first-order chi connectivity index (χ1) is 8.06. The lowest BCUT2D eigenvalue weighted by atomic mass is 10.2. The summed E-state index contributed by atoms with van der Waals surface area (Å²) in [6, 6.07) is 0. The average molecular weight is 240 g/mol. The van der Waals surface area contributed by atoms with Gasteiger partial charge in [0.05, 0.1) is 7.05 Å². The number of amides is 1. The highest BCUT2D eigenvalue weighted by atomic mass is 16.6. The fraction of sp³-hybridized carbons (Fsp3) is 0.429. The number of carboxylic acid groups (broad SMARTS) is 1. The third-order valence-electron chi connectivity index (χ3n) is 1.95. The summed E-state index contributed by atoms with van der Waals surface area (Å²) < 4.78 is 0. The van der Waals surface area contributed by atoms with E-state index in [2.05, 4.69) is 30.7 Å². The Morgan fingerprint density at radius 1 is 1.59 bits per heavy atom. The Morgan fingerprint density at radius 3 is 2.88 bits per heavy atom. The number of tetrazole rings is 1. The Labute approximate surface area is 94.2 Å². The standard InChI is InChI=1S/C7H8N6O4/c1-13-10-7(9-12-13)8-5(14)4-2-3(6(15)16)11-17-4/h4H,2H2,1H3,(H,15,16)(H,8,10,14). The van der Waals surface area contributed by atoms with Gasteiger partial charge < -0.3 is 9.94 Å². The zero-order valence-electron chi connectivity index (χ0n) is 8.69. The minimum Gasteiger partial charge on any atom is -0.477 e. The molecule has 90 valence electrons. The summed E-state index contributed by atoms with van der Waals surface area (Å²) in [6.07, 6.45) is -1.08. The lowest BCUT2D eigenvalue weighted by molar-refractivity contribution is -0.129. The van der Waals surface area contributed by atoms with E-state index in [-0.39, 0.29) is 18.1 Å². The van der Waals surface area contributed by atoms with E-state index in [1.165, 1.54) is 4.80 Å². The second-order valence-electron chi connectivity index (χ2n) is 3.23. The molecule has 1 aliphatic heterocycles. The van der Waals surface area contributed by atoms with Gasteiger partial charge in [-0.1, -0.05) is 10.3 Å². The summed E-state index contributed by atoms with van der Waals surface area (Å²) in [6.45, 7) is 0. The number of aromatic nitrogens is 4. The van der Waals surface area contributed by atoms with Crippen molar-refractivity contribution in [1.29, 1.82) is 0 Å². The van der Waals surface area contributed by atoms with Crippen molar-refractivity contribution in [2.24, 2.45) is 12.2 Å². The van der Waals surface area contributed by atoms with Crippen molar-refractivity contribution in [2.45, 2.75) is 12.5 Å². The maximum Gasteiger partial charge on any atom is 0.353 e. The molecule has 1 unspecified atom stereocenters.